The third kappa shape index (κ3) is 2.85. The third-order valence-electron chi connectivity index (χ3n) is 5.54. The van der Waals surface area contributed by atoms with E-state index in [4.69, 9.17) is 16.6 Å². The van der Waals surface area contributed by atoms with Crippen molar-refractivity contribution in [1.82, 2.24) is 25.1 Å². The van der Waals surface area contributed by atoms with Gasteiger partial charge in [-0.25, -0.2) is 4.98 Å². The van der Waals surface area contributed by atoms with Gasteiger partial charge >= 0.3 is 0 Å². The van der Waals surface area contributed by atoms with Crippen LogP contribution in [-0.2, 0) is 0 Å². The number of H-pyrrole nitrogens is 2. The normalized spacial score (nSPS) is 18.6. The van der Waals surface area contributed by atoms with E-state index in [0.29, 0.717) is 11.1 Å². The van der Waals surface area contributed by atoms with Crippen molar-refractivity contribution in [1.29, 1.82) is 0 Å². The van der Waals surface area contributed by atoms with Crippen LogP contribution in [0, 0.1) is 0 Å². The molecular weight excluding hydrogens is 360 g/mol. The van der Waals surface area contributed by atoms with Crippen molar-refractivity contribution in [2.45, 2.75) is 13.0 Å². The molecule has 2 aromatic heterocycles. The number of halogens is 1. The van der Waals surface area contributed by atoms with E-state index >= 15 is 0 Å². The lowest BCUT2D eigenvalue weighted by Crippen LogP contribution is -2.50. The number of benzene rings is 2. The summed E-state index contributed by atoms with van der Waals surface area (Å²) in [6, 6.07) is 12.7. The first-order chi connectivity index (χ1) is 13.1. The largest absolute Gasteiger partial charge is 0.369 e. The summed E-state index contributed by atoms with van der Waals surface area (Å²) >= 11 is 6.07. The molecule has 1 aliphatic rings. The number of aromatic nitrogens is 4. The van der Waals surface area contributed by atoms with Gasteiger partial charge in [0.25, 0.3) is 0 Å². The Hall–Kier alpha value is -2.57. The summed E-state index contributed by atoms with van der Waals surface area (Å²) < 4.78 is 0. The van der Waals surface area contributed by atoms with E-state index in [2.05, 4.69) is 57.2 Å². The van der Waals surface area contributed by atoms with Gasteiger partial charge in [-0.05, 0) is 50.4 Å². The fourth-order valence-electron chi connectivity index (χ4n) is 3.76. The summed E-state index contributed by atoms with van der Waals surface area (Å²) in [6.45, 7) is 5.43. The highest BCUT2D eigenvalue weighted by Gasteiger charge is 2.21. The van der Waals surface area contributed by atoms with Crippen LogP contribution in [0.3, 0.4) is 0 Å². The second-order valence-electron chi connectivity index (χ2n) is 7.32. The van der Waals surface area contributed by atoms with Crippen LogP contribution in [0.4, 0.5) is 5.69 Å². The van der Waals surface area contributed by atoms with E-state index in [1.54, 1.807) is 0 Å². The number of fused-ring (bicyclic) bond motifs is 2. The maximum absolute atomic E-state index is 6.07. The van der Waals surface area contributed by atoms with E-state index in [1.165, 1.54) is 5.69 Å². The summed E-state index contributed by atoms with van der Waals surface area (Å²) in [7, 11) is 2.19. The molecule has 2 N–H and O–H groups in total. The van der Waals surface area contributed by atoms with Crippen LogP contribution in [0.15, 0.2) is 36.4 Å². The van der Waals surface area contributed by atoms with Gasteiger partial charge in [-0.2, -0.15) is 5.10 Å². The number of hydrogen-bond acceptors (Lipinski definition) is 4. The average Bonchev–Trinajstić information content (AvgIpc) is 3.26. The molecule has 7 heteroatoms. The predicted molar refractivity (Wildman–Crippen MR) is 110 cm³/mol. The molecule has 0 spiro atoms. The van der Waals surface area contributed by atoms with E-state index < -0.39 is 0 Å². The van der Waals surface area contributed by atoms with Crippen molar-refractivity contribution < 1.29 is 0 Å². The summed E-state index contributed by atoms with van der Waals surface area (Å²) in [6.07, 6.45) is 0. The van der Waals surface area contributed by atoms with Crippen molar-refractivity contribution in [3.63, 3.8) is 0 Å². The number of nitrogens with one attached hydrogen (secondary N) is 2. The van der Waals surface area contributed by atoms with Gasteiger partial charge in [-0.1, -0.05) is 11.6 Å². The van der Waals surface area contributed by atoms with E-state index in [9.17, 15) is 0 Å². The van der Waals surface area contributed by atoms with Gasteiger partial charge in [0.05, 0.1) is 16.6 Å². The van der Waals surface area contributed by atoms with Gasteiger partial charge in [0.15, 0.2) is 5.82 Å². The molecular formula is C20H21ClN6. The highest BCUT2D eigenvalue weighted by atomic mass is 35.5. The number of imidazole rings is 1. The fraction of sp³-hybridized carbons (Fsp3) is 0.300. The molecule has 1 atom stereocenters. The minimum absolute atomic E-state index is 0.550. The van der Waals surface area contributed by atoms with Gasteiger partial charge in [-0.3, -0.25) is 5.10 Å². The van der Waals surface area contributed by atoms with Gasteiger partial charge in [0.2, 0.25) is 0 Å². The summed E-state index contributed by atoms with van der Waals surface area (Å²) in [4.78, 5) is 13.0. The van der Waals surface area contributed by atoms with Crippen molar-refractivity contribution in [2.24, 2.45) is 0 Å². The molecule has 1 saturated heterocycles. The minimum Gasteiger partial charge on any atom is -0.369 e. The van der Waals surface area contributed by atoms with Crippen LogP contribution in [0.1, 0.15) is 6.92 Å². The highest BCUT2D eigenvalue weighted by Crippen LogP contribution is 2.29. The Bertz CT molecular complexity index is 1130. The Labute approximate surface area is 162 Å². The lowest BCUT2D eigenvalue weighted by Gasteiger charge is -2.39. The van der Waals surface area contributed by atoms with Crippen molar-refractivity contribution in [3.05, 3.63) is 41.4 Å². The number of likely N-dealkylation sites (N-methyl/N-ethyl adjacent to an activating group) is 1. The highest BCUT2D eigenvalue weighted by molar-refractivity contribution is 6.31. The lowest BCUT2D eigenvalue weighted by molar-refractivity contribution is 0.234. The minimum atomic E-state index is 0.550. The predicted octanol–water partition coefficient (Wildman–Crippen LogP) is 3.90. The molecule has 3 heterocycles. The molecule has 0 radical (unpaired) electrons. The van der Waals surface area contributed by atoms with E-state index in [-0.39, 0.29) is 0 Å². The fourth-order valence-corrected chi connectivity index (χ4v) is 3.93. The lowest BCUT2D eigenvalue weighted by atomic mass is 10.1. The van der Waals surface area contributed by atoms with Crippen LogP contribution in [0.25, 0.3) is 33.5 Å². The summed E-state index contributed by atoms with van der Waals surface area (Å²) in [5.41, 5.74) is 4.93. The van der Waals surface area contributed by atoms with Gasteiger partial charge in [0, 0.05) is 41.8 Å². The molecule has 1 aliphatic heterocycles. The maximum Gasteiger partial charge on any atom is 0.159 e. The first-order valence-corrected chi connectivity index (χ1v) is 9.55. The zero-order valence-corrected chi connectivity index (χ0v) is 16.1. The maximum atomic E-state index is 6.07. The smallest absolute Gasteiger partial charge is 0.159 e. The zero-order valence-electron chi connectivity index (χ0n) is 15.3. The standard InChI is InChI=1S/C20H21ClN6/c1-12-11-27(8-7-26(12)2)14-4-6-16-18(10-14)23-20(22-16)19-15-5-3-13(21)9-17(15)24-25-19/h3-6,9-10,12H,7-8,11H2,1-2H3,(H,22,23)(H,24,25)/t12-/m0/s1. The van der Waals surface area contributed by atoms with Gasteiger partial charge in [-0.15, -0.1) is 0 Å². The number of hydrogen-bond donors (Lipinski definition) is 2. The van der Waals surface area contributed by atoms with Gasteiger partial charge in [0.1, 0.15) is 5.69 Å². The molecule has 0 aliphatic carbocycles. The monoisotopic (exact) mass is 380 g/mol. The first-order valence-electron chi connectivity index (χ1n) is 9.17. The number of rotatable bonds is 2. The van der Waals surface area contributed by atoms with Crippen LogP contribution < -0.4 is 4.90 Å². The molecule has 1 fully saturated rings. The van der Waals surface area contributed by atoms with Crippen LogP contribution in [-0.4, -0.2) is 57.8 Å². The van der Waals surface area contributed by atoms with Crippen molar-refractivity contribution in [3.8, 4) is 11.5 Å². The molecule has 27 heavy (non-hydrogen) atoms. The molecule has 0 unspecified atom stereocenters. The van der Waals surface area contributed by atoms with Crippen LogP contribution in [0.2, 0.25) is 5.02 Å². The molecule has 138 valence electrons. The molecule has 0 bridgehead atoms. The third-order valence-corrected chi connectivity index (χ3v) is 5.77. The SMILES string of the molecule is C[C@H]1CN(c2ccc3nc(-c4n[nH]c5cc(Cl)ccc45)[nH]c3c2)CCN1C. The van der Waals surface area contributed by atoms with Crippen molar-refractivity contribution in [2.75, 3.05) is 31.6 Å². The number of aromatic amines is 2. The summed E-state index contributed by atoms with van der Waals surface area (Å²) in [5.74, 6) is 0.766. The number of nitrogens with zero attached hydrogens (tertiary/aromatic N) is 4. The zero-order chi connectivity index (χ0) is 18.5. The summed E-state index contributed by atoms with van der Waals surface area (Å²) in [5, 5.41) is 9.17. The van der Waals surface area contributed by atoms with Crippen molar-refractivity contribution >= 4 is 39.2 Å². The Morgan fingerprint density at radius 1 is 1.11 bits per heavy atom. The van der Waals surface area contributed by atoms with Crippen LogP contribution in [0.5, 0.6) is 0 Å². The van der Waals surface area contributed by atoms with E-state index in [0.717, 1.165) is 53.1 Å². The Morgan fingerprint density at radius 2 is 2.00 bits per heavy atom. The molecule has 0 saturated carbocycles. The first kappa shape index (κ1) is 16.6. The second-order valence-corrected chi connectivity index (χ2v) is 7.76. The number of piperazine rings is 1. The van der Waals surface area contributed by atoms with E-state index in [1.807, 2.05) is 18.2 Å². The Balaban J connectivity index is 1.52. The molecule has 2 aromatic carbocycles. The molecule has 5 rings (SSSR count). The van der Waals surface area contributed by atoms with Gasteiger partial charge < -0.3 is 14.8 Å². The Morgan fingerprint density at radius 3 is 2.85 bits per heavy atom. The average molecular weight is 381 g/mol. The molecule has 4 aromatic rings. The second kappa shape index (κ2) is 6.25. The topological polar surface area (TPSA) is 63.8 Å². The number of anilines is 1. The molecule has 0 amide bonds. The quantitative estimate of drug-likeness (QED) is 0.553. The van der Waals surface area contributed by atoms with Crippen LogP contribution >= 0.6 is 11.6 Å². The molecule has 6 nitrogen and oxygen atoms in total. The Kier molecular flexibility index (Phi) is 3.84.